The average molecular weight is 402 g/mol. The van der Waals surface area contributed by atoms with Crippen LogP contribution in [-0.4, -0.2) is 42.3 Å². The van der Waals surface area contributed by atoms with E-state index < -0.39 is 0 Å². The van der Waals surface area contributed by atoms with Gasteiger partial charge in [0.25, 0.3) is 5.91 Å². The summed E-state index contributed by atoms with van der Waals surface area (Å²) in [6, 6.07) is 9.41. The number of aryl methyl sites for hydroxylation is 2. The molecule has 0 saturated carbocycles. The average Bonchev–Trinajstić information content (AvgIpc) is 3.52. The Kier molecular flexibility index (Phi) is 4.54. The smallest absolute Gasteiger partial charge is 0.255 e. The third-order valence-electron chi connectivity index (χ3n) is 5.54. The van der Waals surface area contributed by atoms with Crippen LogP contribution in [0, 0.1) is 6.92 Å². The van der Waals surface area contributed by atoms with Crippen molar-refractivity contribution in [2.24, 2.45) is 0 Å². The Morgan fingerprint density at radius 1 is 1.27 bits per heavy atom. The van der Waals surface area contributed by atoms with Gasteiger partial charge in [-0.2, -0.15) is 10.1 Å². The molecule has 1 fully saturated rings. The minimum absolute atomic E-state index is 0.0453. The Bertz CT molecular complexity index is 1230. The molecule has 4 heterocycles. The molecule has 1 amide bonds. The fourth-order valence-corrected chi connectivity index (χ4v) is 4.04. The first kappa shape index (κ1) is 18.5. The summed E-state index contributed by atoms with van der Waals surface area (Å²) in [4.78, 5) is 24.7. The zero-order chi connectivity index (χ0) is 20.7. The fourth-order valence-electron chi connectivity index (χ4n) is 4.04. The van der Waals surface area contributed by atoms with E-state index in [0.29, 0.717) is 23.8 Å². The fraction of sp³-hybridized carbons (Fsp3) is 0.318. The van der Waals surface area contributed by atoms with Gasteiger partial charge < -0.3 is 9.42 Å². The highest BCUT2D eigenvalue weighted by molar-refractivity contribution is 6.07. The maximum atomic E-state index is 13.7. The van der Waals surface area contributed by atoms with Crippen LogP contribution in [0.15, 0.2) is 47.2 Å². The number of fused-ring (bicyclic) bond motifs is 1. The molecular weight excluding hydrogens is 380 g/mol. The Balaban J connectivity index is 1.59. The minimum Gasteiger partial charge on any atom is -0.337 e. The third-order valence-corrected chi connectivity index (χ3v) is 5.54. The monoisotopic (exact) mass is 402 g/mol. The van der Waals surface area contributed by atoms with Gasteiger partial charge in [-0.15, -0.1) is 0 Å². The first-order valence-corrected chi connectivity index (χ1v) is 10.2. The van der Waals surface area contributed by atoms with Crippen LogP contribution in [-0.2, 0) is 6.54 Å². The number of carbonyl (C=O) groups is 1. The third kappa shape index (κ3) is 3.14. The van der Waals surface area contributed by atoms with Crippen LogP contribution in [0.5, 0.6) is 0 Å². The summed E-state index contributed by atoms with van der Waals surface area (Å²) in [5.74, 6) is 1.03. The Morgan fingerprint density at radius 3 is 2.90 bits per heavy atom. The first-order chi connectivity index (χ1) is 14.6. The number of rotatable bonds is 4. The van der Waals surface area contributed by atoms with Crippen LogP contribution in [0.25, 0.3) is 22.2 Å². The number of amides is 1. The van der Waals surface area contributed by atoms with Gasteiger partial charge >= 0.3 is 0 Å². The molecule has 1 aliphatic heterocycles. The lowest BCUT2D eigenvalue weighted by molar-refractivity contribution is 0.0712. The number of para-hydroxylation sites is 1. The summed E-state index contributed by atoms with van der Waals surface area (Å²) in [6.07, 6.45) is 5.45. The number of hydrogen-bond acceptors (Lipinski definition) is 6. The van der Waals surface area contributed by atoms with Gasteiger partial charge in [0, 0.05) is 30.2 Å². The van der Waals surface area contributed by atoms with E-state index in [4.69, 9.17) is 9.51 Å². The molecule has 4 aromatic rings. The summed E-state index contributed by atoms with van der Waals surface area (Å²) in [6.45, 7) is 5.25. The van der Waals surface area contributed by atoms with E-state index in [1.54, 1.807) is 13.1 Å². The molecule has 8 heteroatoms. The summed E-state index contributed by atoms with van der Waals surface area (Å²) < 4.78 is 7.23. The van der Waals surface area contributed by atoms with Crippen LogP contribution < -0.4 is 0 Å². The Morgan fingerprint density at radius 2 is 2.13 bits per heavy atom. The number of likely N-dealkylation sites (tertiary alicyclic amines) is 1. The van der Waals surface area contributed by atoms with Gasteiger partial charge in [-0.05, 0) is 38.8 Å². The molecule has 0 N–H and O–H groups in total. The Labute approximate surface area is 173 Å². The van der Waals surface area contributed by atoms with Crippen LogP contribution in [0.3, 0.4) is 0 Å². The lowest BCUT2D eigenvalue weighted by atomic mass is 10.0. The van der Waals surface area contributed by atoms with Crippen LogP contribution in [0.1, 0.15) is 47.9 Å². The molecule has 3 aromatic heterocycles. The number of nitrogens with zero attached hydrogens (tertiary/aromatic N) is 6. The summed E-state index contributed by atoms with van der Waals surface area (Å²) in [7, 11) is 0. The molecule has 0 radical (unpaired) electrons. The second-order valence-corrected chi connectivity index (χ2v) is 7.49. The number of aromatic nitrogens is 5. The van der Waals surface area contributed by atoms with E-state index in [0.717, 1.165) is 41.5 Å². The van der Waals surface area contributed by atoms with Gasteiger partial charge in [-0.25, -0.2) is 4.98 Å². The van der Waals surface area contributed by atoms with Gasteiger partial charge in [0.2, 0.25) is 5.89 Å². The van der Waals surface area contributed by atoms with E-state index in [-0.39, 0.29) is 11.9 Å². The van der Waals surface area contributed by atoms with Crippen molar-refractivity contribution in [3.63, 3.8) is 0 Å². The lowest BCUT2D eigenvalue weighted by Gasteiger charge is -2.23. The van der Waals surface area contributed by atoms with Crippen molar-refractivity contribution in [2.75, 3.05) is 6.54 Å². The molecule has 152 valence electrons. The van der Waals surface area contributed by atoms with Crippen molar-refractivity contribution in [1.29, 1.82) is 0 Å². The molecule has 0 spiro atoms. The van der Waals surface area contributed by atoms with Crippen LogP contribution in [0.4, 0.5) is 0 Å². The zero-order valence-electron chi connectivity index (χ0n) is 16.9. The molecule has 0 bridgehead atoms. The number of benzene rings is 1. The predicted molar refractivity (Wildman–Crippen MR) is 111 cm³/mol. The van der Waals surface area contributed by atoms with E-state index in [1.165, 1.54) is 0 Å². The number of pyridine rings is 1. The van der Waals surface area contributed by atoms with Crippen molar-refractivity contribution >= 4 is 16.8 Å². The van der Waals surface area contributed by atoms with Gasteiger partial charge in [0.05, 0.1) is 23.0 Å². The molecule has 1 aromatic carbocycles. The predicted octanol–water partition coefficient (Wildman–Crippen LogP) is 3.79. The molecule has 1 saturated heterocycles. The maximum absolute atomic E-state index is 13.7. The van der Waals surface area contributed by atoms with Crippen molar-refractivity contribution < 1.29 is 9.32 Å². The van der Waals surface area contributed by atoms with Crippen LogP contribution in [0.2, 0.25) is 0 Å². The van der Waals surface area contributed by atoms with Gasteiger partial charge in [-0.1, -0.05) is 23.4 Å². The second kappa shape index (κ2) is 7.37. The highest BCUT2D eigenvalue weighted by Gasteiger charge is 2.35. The number of hydrogen-bond donors (Lipinski definition) is 0. The molecule has 5 rings (SSSR count). The molecule has 1 unspecified atom stereocenters. The van der Waals surface area contributed by atoms with Crippen molar-refractivity contribution in [2.45, 2.75) is 39.3 Å². The van der Waals surface area contributed by atoms with Crippen molar-refractivity contribution in [1.82, 2.24) is 29.8 Å². The second-order valence-electron chi connectivity index (χ2n) is 7.49. The van der Waals surface area contributed by atoms with E-state index in [1.807, 2.05) is 53.0 Å². The van der Waals surface area contributed by atoms with E-state index >= 15 is 0 Å². The summed E-state index contributed by atoms with van der Waals surface area (Å²) in [5, 5.41) is 9.08. The summed E-state index contributed by atoms with van der Waals surface area (Å²) in [5.41, 5.74) is 3.04. The minimum atomic E-state index is -0.197. The standard InChI is InChI=1S/C22H22N6O2/c1-3-27-13-15(12-23-27)19-11-17(16-7-4-5-8-18(16)25-19)22(29)28-10-6-9-20(28)21-24-14(2)26-30-21/h4-5,7-8,11-13,20H,3,6,9-10H2,1-2H3. The largest absolute Gasteiger partial charge is 0.337 e. The molecular formula is C22H22N6O2. The molecule has 30 heavy (non-hydrogen) atoms. The zero-order valence-corrected chi connectivity index (χ0v) is 16.9. The van der Waals surface area contributed by atoms with Crippen molar-refractivity contribution in [3.05, 3.63) is 60.0 Å². The van der Waals surface area contributed by atoms with E-state index in [9.17, 15) is 4.79 Å². The van der Waals surface area contributed by atoms with Crippen LogP contribution >= 0.6 is 0 Å². The lowest BCUT2D eigenvalue weighted by Crippen LogP contribution is -2.31. The normalized spacial score (nSPS) is 16.5. The molecule has 8 nitrogen and oxygen atoms in total. The van der Waals surface area contributed by atoms with E-state index in [2.05, 4.69) is 15.2 Å². The highest BCUT2D eigenvalue weighted by atomic mass is 16.5. The van der Waals surface area contributed by atoms with Gasteiger partial charge in [-0.3, -0.25) is 9.48 Å². The molecule has 0 aliphatic carbocycles. The quantitative estimate of drug-likeness (QED) is 0.516. The maximum Gasteiger partial charge on any atom is 0.255 e. The van der Waals surface area contributed by atoms with Crippen molar-refractivity contribution in [3.8, 4) is 11.3 Å². The first-order valence-electron chi connectivity index (χ1n) is 10.2. The number of carbonyl (C=O) groups excluding carboxylic acids is 1. The molecule has 1 aliphatic rings. The van der Waals surface area contributed by atoms with Gasteiger partial charge in [0.15, 0.2) is 5.82 Å². The Hall–Kier alpha value is -3.55. The highest BCUT2D eigenvalue weighted by Crippen LogP contribution is 2.34. The summed E-state index contributed by atoms with van der Waals surface area (Å²) >= 11 is 0. The SMILES string of the molecule is CCn1cc(-c2cc(C(=O)N3CCCC3c3nc(C)no3)c3ccccc3n2)cn1. The topological polar surface area (TPSA) is 89.9 Å². The van der Waals surface area contributed by atoms with Gasteiger partial charge in [0.1, 0.15) is 6.04 Å². The molecule has 1 atom stereocenters.